The van der Waals surface area contributed by atoms with Gasteiger partial charge in [0, 0.05) is 17.6 Å². The summed E-state index contributed by atoms with van der Waals surface area (Å²) in [6.07, 6.45) is 2.64. The molecule has 1 saturated heterocycles. The second kappa shape index (κ2) is 11.6. The van der Waals surface area contributed by atoms with E-state index in [1.807, 2.05) is 18.2 Å². The molecular weight excluding hydrogens is 436 g/mol. The minimum absolute atomic E-state index is 0.0208. The Morgan fingerprint density at radius 2 is 1.97 bits per heavy atom. The lowest BCUT2D eigenvalue weighted by Crippen LogP contribution is -2.48. The fourth-order valence-corrected chi connectivity index (χ4v) is 3.93. The van der Waals surface area contributed by atoms with Crippen LogP contribution in [0.25, 0.3) is 0 Å². The summed E-state index contributed by atoms with van der Waals surface area (Å²) in [4.78, 5) is 31.0. The number of carbonyl (C=O) groups is 2. The third-order valence-electron chi connectivity index (χ3n) is 4.78. The first-order valence-corrected chi connectivity index (χ1v) is 10.9. The molecule has 1 fully saturated rings. The average Bonchev–Trinajstić information content (AvgIpc) is 2.85. The fraction of sp³-hybridized carbons (Fsp3) is 0.409. The molecule has 1 aliphatic rings. The highest BCUT2D eigenvalue weighted by atomic mass is 32.2. The molecule has 0 aliphatic carbocycles. The van der Waals surface area contributed by atoms with Gasteiger partial charge in [-0.05, 0) is 24.3 Å². The quantitative estimate of drug-likeness (QED) is 0.411. The first-order chi connectivity index (χ1) is 15.5. The normalized spacial score (nSPS) is 15.7. The summed E-state index contributed by atoms with van der Waals surface area (Å²) >= 11 is 1.44. The molecule has 3 rings (SSSR count). The van der Waals surface area contributed by atoms with E-state index in [9.17, 15) is 9.59 Å². The van der Waals surface area contributed by atoms with Gasteiger partial charge in [-0.15, -0.1) is 11.8 Å². The Labute approximate surface area is 190 Å². The van der Waals surface area contributed by atoms with Crippen LogP contribution >= 0.6 is 11.8 Å². The van der Waals surface area contributed by atoms with Gasteiger partial charge >= 0.3 is 5.97 Å². The maximum absolute atomic E-state index is 12.7. The molecule has 1 aliphatic heterocycles. The Balaban J connectivity index is 1.50. The van der Waals surface area contributed by atoms with E-state index < -0.39 is 5.97 Å². The highest BCUT2D eigenvalue weighted by Crippen LogP contribution is 2.32. The molecule has 1 unspecified atom stereocenters. The maximum atomic E-state index is 12.7. The van der Waals surface area contributed by atoms with Crippen LogP contribution in [-0.4, -0.2) is 81.2 Å². The van der Waals surface area contributed by atoms with Crippen molar-refractivity contribution in [2.45, 2.75) is 11.0 Å². The summed E-state index contributed by atoms with van der Waals surface area (Å²) in [6.45, 7) is 1.62. The van der Waals surface area contributed by atoms with Crippen LogP contribution in [0.15, 0.2) is 41.6 Å². The van der Waals surface area contributed by atoms with E-state index in [-0.39, 0.29) is 18.6 Å². The van der Waals surface area contributed by atoms with Gasteiger partial charge in [-0.2, -0.15) is 0 Å². The number of nitrogens with zero attached hydrogens (tertiary/aromatic N) is 2. The van der Waals surface area contributed by atoms with Crippen molar-refractivity contribution in [3.63, 3.8) is 0 Å². The summed E-state index contributed by atoms with van der Waals surface area (Å²) in [6, 6.07) is 7.12. The lowest BCUT2D eigenvalue weighted by atomic mass is 10.2. The van der Waals surface area contributed by atoms with E-state index in [4.69, 9.17) is 18.9 Å². The summed E-state index contributed by atoms with van der Waals surface area (Å²) in [5.41, 5.74) is 0.304. The summed E-state index contributed by atoms with van der Waals surface area (Å²) < 4.78 is 26.7. The zero-order valence-electron chi connectivity index (χ0n) is 18.2. The van der Waals surface area contributed by atoms with Gasteiger partial charge in [0.15, 0.2) is 11.5 Å². The van der Waals surface area contributed by atoms with Crippen LogP contribution in [-0.2, 0) is 14.3 Å². The predicted molar refractivity (Wildman–Crippen MR) is 118 cm³/mol. The molecule has 1 aromatic carbocycles. The Bertz CT molecular complexity index is 940. The van der Waals surface area contributed by atoms with E-state index in [0.29, 0.717) is 48.3 Å². The summed E-state index contributed by atoms with van der Waals surface area (Å²) in [5, 5.41) is 0. The van der Waals surface area contributed by atoms with Crippen molar-refractivity contribution in [2.24, 2.45) is 0 Å². The molecule has 9 nitrogen and oxygen atoms in total. The zero-order chi connectivity index (χ0) is 22.9. The molecular formula is C22H26N2O7S. The van der Waals surface area contributed by atoms with Crippen LogP contribution in [0.3, 0.4) is 0 Å². The largest absolute Gasteiger partial charge is 0.493 e. The number of ether oxygens (including phenoxy) is 5. The highest BCUT2D eigenvalue weighted by molar-refractivity contribution is 8.00. The maximum Gasteiger partial charge on any atom is 0.339 e. The molecule has 10 heteroatoms. The monoisotopic (exact) mass is 462 g/mol. The second-order valence-electron chi connectivity index (χ2n) is 6.85. The minimum atomic E-state index is -0.486. The third-order valence-corrected chi connectivity index (χ3v) is 5.76. The molecule has 1 atom stereocenters. The SMILES string of the molecule is COC(=O)c1cncc(OCC2CN(C(=O)CSc3ccc(OC)c(OC)c3)CCO2)c1. The number of benzene rings is 1. The van der Waals surface area contributed by atoms with Crippen LogP contribution in [0, 0.1) is 0 Å². The smallest absolute Gasteiger partial charge is 0.339 e. The number of morpholine rings is 1. The van der Waals surface area contributed by atoms with Crippen molar-refractivity contribution in [3.05, 3.63) is 42.2 Å². The minimum Gasteiger partial charge on any atom is -0.493 e. The van der Waals surface area contributed by atoms with Crippen LogP contribution in [0.4, 0.5) is 0 Å². The fourth-order valence-electron chi connectivity index (χ4n) is 3.11. The Morgan fingerprint density at radius 3 is 2.72 bits per heavy atom. The number of methoxy groups -OCH3 is 3. The molecule has 1 amide bonds. The third kappa shape index (κ3) is 6.27. The molecule has 0 radical (unpaired) electrons. The molecule has 172 valence electrons. The summed E-state index contributed by atoms with van der Waals surface area (Å²) in [5.74, 6) is 1.54. The summed E-state index contributed by atoms with van der Waals surface area (Å²) in [7, 11) is 4.47. The number of rotatable bonds is 9. The van der Waals surface area contributed by atoms with E-state index in [1.54, 1.807) is 25.2 Å². The predicted octanol–water partition coefficient (Wildman–Crippen LogP) is 2.28. The zero-order valence-corrected chi connectivity index (χ0v) is 19.1. The van der Waals surface area contributed by atoms with Gasteiger partial charge < -0.3 is 28.6 Å². The molecule has 32 heavy (non-hydrogen) atoms. The topological polar surface area (TPSA) is 96.4 Å². The highest BCUT2D eigenvalue weighted by Gasteiger charge is 2.25. The van der Waals surface area contributed by atoms with Crippen LogP contribution in [0.2, 0.25) is 0 Å². The molecule has 2 heterocycles. The standard InChI is InChI=1S/C22H26N2O7S/c1-27-19-5-4-18(9-20(19)28-2)32-14-21(25)24-6-7-30-17(12-24)13-31-16-8-15(10-23-11-16)22(26)29-3/h4-5,8-11,17H,6-7,12-14H2,1-3H3. The van der Waals surface area contributed by atoms with Gasteiger partial charge in [-0.1, -0.05) is 0 Å². The van der Waals surface area contributed by atoms with Crippen molar-refractivity contribution in [1.82, 2.24) is 9.88 Å². The lowest BCUT2D eigenvalue weighted by molar-refractivity contribution is -0.137. The Kier molecular flexibility index (Phi) is 8.57. The number of amides is 1. The van der Waals surface area contributed by atoms with Gasteiger partial charge in [-0.25, -0.2) is 4.79 Å². The van der Waals surface area contributed by atoms with Crippen LogP contribution in [0.1, 0.15) is 10.4 Å². The van der Waals surface area contributed by atoms with E-state index in [2.05, 4.69) is 9.72 Å². The van der Waals surface area contributed by atoms with E-state index in [1.165, 1.54) is 31.3 Å². The lowest BCUT2D eigenvalue weighted by Gasteiger charge is -2.32. The second-order valence-corrected chi connectivity index (χ2v) is 7.90. The van der Waals surface area contributed by atoms with Crippen LogP contribution in [0.5, 0.6) is 17.2 Å². The van der Waals surface area contributed by atoms with Crippen molar-refractivity contribution in [3.8, 4) is 17.2 Å². The van der Waals surface area contributed by atoms with Gasteiger partial charge in [0.1, 0.15) is 18.5 Å². The van der Waals surface area contributed by atoms with Crippen molar-refractivity contribution >= 4 is 23.6 Å². The van der Waals surface area contributed by atoms with Gasteiger partial charge in [0.05, 0.1) is 52.0 Å². The van der Waals surface area contributed by atoms with E-state index in [0.717, 1.165) is 4.90 Å². The number of carbonyl (C=O) groups excluding carboxylic acids is 2. The van der Waals surface area contributed by atoms with Crippen molar-refractivity contribution in [1.29, 1.82) is 0 Å². The number of aromatic nitrogens is 1. The molecule has 0 spiro atoms. The number of hydrogen-bond donors (Lipinski definition) is 0. The van der Waals surface area contributed by atoms with Gasteiger partial charge in [0.2, 0.25) is 5.91 Å². The molecule has 0 N–H and O–H groups in total. The van der Waals surface area contributed by atoms with Crippen molar-refractivity contribution in [2.75, 3.05) is 53.4 Å². The Hall–Kier alpha value is -2.98. The number of esters is 1. The molecule has 1 aromatic heterocycles. The molecule has 0 saturated carbocycles. The molecule has 2 aromatic rings. The van der Waals surface area contributed by atoms with Crippen LogP contribution < -0.4 is 14.2 Å². The Morgan fingerprint density at radius 1 is 1.16 bits per heavy atom. The van der Waals surface area contributed by atoms with E-state index >= 15 is 0 Å². The average molecular weight is 463 g/mol. The first-order valence-electron chi connectivity index (χ1n) is 9.94. The van der Waals surface area contributed by atoms with Gasteiger partial charge in [-0.3, -0.25) is 9.78 Å². The molecule has 0 bridgehead atoms. The van der Waals surface area contributed by atoms with Crippen molar-refractivity contribution < 1.29 is 33.3 Å². The number of thioether (sulfide) groups is 1. The number of pyridine rings is 1. The number of hydrogen-bond acceptors (Lipinski definition) is 9. The first kappa shape index (κ1) is 23.7. The van der Waals surface area contributed by atoms with Gasteiger partial charge in [0.25, 0.3) is 0 Å².